The summed E-state index contributed by atoms with van der Waals surface area (Å²) in [5, 5.41) is 10.7. The number of nitro groups is 1. The summed E-state index contributed by atoms with van der Waals surface area (Å²) in [6.45, 7) is 2.22. The molecule has 3 nitrogen and oxygen atoms in total. The van der Waals surface area contributed by atoms with Crippen LogP contribution in [0.4, 0.5) is 0 Å². The third kappa shape index (κ3) is 11.9. The Hall–Kier alpha value is 0.390. The molecule has 24 heavy (non-hydrogen) atoms. The Morgan fingerprint density at radius 1 is 0.875 bits per heavy atom. The van der Waals surface area contributed by atoms with Gasteiger partial charge in [-0.3, -0.25) is 10.1 Å². The molecule has 0 amide bonds. The molecule has 8 heteroatoms. The van der Waals surface area contributed by atoms with Gasteiger partial charge in [0.25, 0.3) is 0 Å². The second-order valence-electron chi connectivity index (χ2n) is 5.48. The van der Waals surface area contributed by atoms with Gasteiger partial charge in [-0.05, 0) is 12.2 Å². The molecule has 0 aliphatic rings. The summed E-state index contributed by atoms with van der Waals surface area (Å²) in [7, 11) is 0. The average Bonchev–Trinajstić information content (AvgIpc) is 2.52. The van der Waals surface area contributed by atoms with Crippen LogP contribution in [0.3, 0.4) is 0 Å². The summed E-state index contributed by atoms with van der Waals surface area (Å²) >= 11 is 23.9. The molecule has 0 saturated carbocycles. The second-order valence-corrected chi connectivity index (χ2v) is 8.52. The van der Waals surface area contributed by atoms with E-state index >= 15 is 0 Å². The van der Waals surface area contributed by atoms with Crippen LogP contribution in [0.1, 0.15) is 71.1 Å². The van der Waals surface area contributed by atoms with E-state index in [9.17, 15) is 10.1 Å². The first-order valence-corrected chi connectivity index (χ1v) is 10.8. The normalized spacial score (nSPS) is 12.0. The molecule has 0 aliphatic carbocycles. The van der Waals surface area contributed by atoms with Gasteiger partial charge in [0, 0.05) is 0 Å². The van der Waals surface area contributed by atoms with Crippen molar-refractivity contribution in [3.63, 3.8) is 0 Å². The summed E-state index contributed by atoms with van der Waals surface area (Å²) in [4.78, 5) is 10.3. The van der Waals surface area contributed by atoms with Crippen molar-refractivity contribution in [2.24, 2.45) is 0 Å². The zero-order valence-electron chi connectivity index (χ0n) is 14.0. The van der Waals surface area contributed by atoms with Crippen LogP contribution in [0, 0.1) is 10.1 Å². The van der Waals surface area contributed by atoms with Gasteiger partial charge in [0.1, 0.15) is 4.49 Å². The maximum atomic E-state index is 11.0. The van der Waals surface area contributed by atoms with Crippen LogP contribution < -0.4 is 0 Å². The molecule has 0 N–H and O–H groups in total. The Labute approximate surface area is 169 Å². The predicted octanol–water partition coefficient (Wildman–Crippen LogP) is 8.21. The van der Waals surface area contributed by atoms with Crippen LogP contribution in [-0.2, 0) is 0 Å². The molecule has 0 aromatic heterocycles. The maximum Gasteiger partial charge on any atom is 0.315 e. The molecule has 0 bridgehead atoms. The lowest BCUT2D eigenvalue weighted by molar-refractivity contribution is -0.419. The lowest BCUT2D eigenvalue weighted by Crippen LogP contribution is -2.01. The van der Waals surface area contributed by atoms with Crippen LogP contribution in [-0.4, -0.2) is 10.7 Å². The molecule has 0 fully saturated rings. The SMILES string of the molecule is CCCCCCCCCCCCSC(Cl)=C(C(Cl)=C(Cl)Cl)[N+](=O)[O-]. The third-order valence-corrected chi connectivity index (χ3v) is 5.85. The Kier molecular flexibility index (Phi) is 15.9. The second kappa shape index (κ2) is 15.6. The van der Waals surface area contributed by atoms with Gasteiger partial charge in [-0.25, -0.2) is 0 Å². The molecule has 0 unspecified atom stereocenters. The van der Waals surface area contributed by atoms with E-state index in [1.807, 2.05) is 0 Å². The van der Waals surface area contributed by atoms with Gasteiger partial charge < -0.3 is 0 Å². The average molecular weight is 437 g/mol. The molecular formula is C16H25Cl4NO2S. The topological polar surface area (TPSA) is 43.1 Å². The predicted molar refractivity (Wildman–Crippen MR) is 109 cm³/mol. The number of rotatable bonds is 14. The highest BCUT2D eigenvalue weighted by Crippen LogP contribution is 2.34. The summed E-state index contributed by atoms with van der Waals surface area (Å²) in [6, 6.07) is 0. The quantitative estimate of drug-likeness (QED) is 0.119. The molecule has 0 aromatic rings. The van der Waals surface area contributed by atoms with Crippen LogP contribution in [0.2, 0.25) is 0 Å². The van der Waals surface area contributed by atoms with Crippen molar-refractivity contribution in [1.29, 1.82) is 0 Å². The van der Waals surface area contributed by atoms with Crippen LogP contribution in [0.25, 0.3) is 0 Å². The molecule has 0 spiro atoms. The van der Waals surface area contributed by atoms with E-state index in [4.69, 9.17) is 46.4 Å². The fourth-order valence-corrected chi connectivity index (χ4v) is 3.83. The number of allylic oxidation sites excluding steroid dienone is 1. The van der Waals surface area contributed by atoms with Crippen molar-refractivity contribution < 1.29 is 4.92 Å². The minimum Gasteiger partial charge on any atom is -0.258 e. The Bertz CT molecular complexity index is 438. The number of hydrogen-bond acceptors (Lipinski definition) is 3. The van der Waals surface area contributed by atoms with Gasteiger partial charge in [0.05, 0.1) is 4.92 Å². The number of nitrogens with zero attached hydrogens (tertiary/aromatic N) is 1. The Balaban J connectivity index is 3.92. The first-order valence-electron chi connectivity index (χ1n) is 8.29. The highest BCUT2D eigenvalue weighted by molar-refractivity contribution is 8.04. The van der Waals surface area contributed by atoms with E-state index in [1.54, 1.807) is 0 Å². The van der Waals surface area contributed by atoms with Crippen LogP contribution in [0.5, 0.6) is 0 Å². The fourth-order valence-electron chi connectivity index (χ4n) is 2.15. The molecule has 0 aliphatic heterocycles. The van der Waals surface area contributed by atoms with E-state index in [0.717, 1.165) is 12.8 Å². The molecule has 140 valence electrons. The van der Waals surface area contributed by atoms with E-state index < -0.39 is 10.6 Å². The minimum atomic E-state index is -0.666. The maximum absolute atomic E-state index is 11.0. The highest BCUT2D eigenvalue weighted by Gasteiger charge is 2.24. The van der Waals surface area contributed by atoms with Gasteiger partial charge in [-0.15, -0.1) is 11.8 Å². The number of unbranched alkanes of at least 4 members (excludes halogenated alkanes) is 9. The molecule has 0 rings (SSSR count). The van der Waals surface area contributed by atoms with E-state index in [-0.39, 0.29) is 13.9 Å². The Morgan fingerprint density at radius 2 is 1.33 bits per heavy atom. The Morgan fingerprint density at radius 3 is 1.75 bits per heavy atom. The molecule has 0 aromatic carbocycles. The van der Waals surface area contributed by atoms with Gasteiger partial charge in [-0.2, -0.15) is 0 Å². The van der Waals surface area contributed by atoms with E-state index in [1.165, 1.54) is 63.1 Å². The molecule has 0 atom stereocenters. The van der Waals surface area contributed by atoms with Gasteiger partial charge >= 0.3 is 5.70 Å². The van der Waals surface area contributed by atoms with E-state index in [2.05, 4.69) is 6.92 Å². The zero-order valence-corrected chi connectivity index (χ0v) is 17.8. The molecule has 0 saturated heterocycles. The first kappa shape index (κ1) is 24.4. The van der Waals surface area contributed by atoms with Gasteiger partial charge in [0.2, 0.25) is 0 Å². The smallest absolute Gasteiger partial charge is 0.258 e. The lowest BCUT2D eigenvalue weighted by Gasteiger charge is -2.04. The molecule has 0 heterocycles. The monoisotopic (exact) mass is 435 g/mol. The molecular weight excluding hydrogens is 412 g/mol. The first-order chi connectivity index (χ1) is 11.4. The summed E-state index contributed by atoms with van der Waals surface area (Å²) < 4.78 is -0.347. The summed E-state index contributed by atoms with van der Waals surface area (Å²) in [5.74, 6) is 0.705. The third-order valence-electron chi connectivity index (χ3n) is 3.47. The standard InChI is InChI=1S/C16H25Cl4NO2S/c1-2-3-4-5-6-7-8-9-10-11-12-24-16(20)14(21(22)23)13(17)15(18)19/h2-12H2,1H3. The number of thioether (sulfide) groups is 1. The zero-order chi connectivity index (χ0) is 18.4. The molecule has 0 radical (unpaired) electrons. The van der Waals surface area contributed by atoms with Crippen molar-refractivity contribution >= 4 is 58.2 Å². The lowest BCUT2D eigenvalue weighted by atomic mass is 10.1. The van der Waals surface area contributed by atoms with Crippen molar-refractivity contribution in [3.05, 3.63) is 29.7 Å². The number of halogens is 4. The van der Waals surface area contributed by atoms with Crippen molar-refractivity contribution in [2.45, 2.75) is 71.1 Å². The summed E-state index contributed by atoms with van der Waals surface area (Å²) in [6.07, 6.45) is 12.4. The van der Waals surface area contributed by atoms with Gasteiger partial charge in [-0.1, -0.05) is 111 Å². The van der Waals surface area contributed by atoms with Crippen molar-refractivity contribution in [2.75, 3.05) is 5.75 Å². The fraction of sp³-hybridized carbons (Fsp3) is 0.750. The highest BCUT2D eigenvalue weighted by atomic mass is 35.5. The van der Waals surface area contributed by atoms with Crippen LogP contribution in [0.15, 0.2) is 19.6 Å². The summed E-state index contributed by atoms with van der Waals surface area (Å²) in [5.41, 5.74) is -0.435. The van der Waals surface area contributed by atoms with Crippen molar-refractivity contribution in [3.8, 4) is 0 Å². The van der Waals surface area contributed by atoms with E-state index in [0.29, 0.717) is 5.75 Å². The van der Waals surface area contributed by atoms with Crippen LogP contribution >= 0.6 is 58.2 Å². The number of hydrogen-bond donors (Lipinski definition) is 0. The van der Waals surface area contributed by atoms with Gasteiger partial charge in [0.15, 0.2) is 9.40 Å². The largest absolute Gasteiger partial charge is 0.315 e. The van der Waals surface area contributed by atoms with Crippen molar-refractivity contribution in [1.82, 2.24) is 0 Å². The minimum absolute atomic E-state index is 0.0136.